The molecule has 0 aliphatic carbocycles. The summed E-state index contributed by atoms with van der Waals surface area (Å²) in [5.41, 5.74) is 1.36. The highest BCUT2D eigenvalue weighted by molar-refractivity contribution is 9.10. The fourth-order valence-corrected chi connectivity index (χ4v) is 3.29. The Labute approximate surface area is 133 Å². The summed E-state index contributed by atoms with van der Waals surface area (Å²) in [4.78, 5) is 13.1. The van der Waals surface area contributed by atoms with E-state index in [0.717, 1.165) is 29.9 Å². The van der Waals surface area contributed by atoms with Gasteiger partial charge in [-0.15, -0.1) is 0 Å². The van der Waals surface area contributed by atoms with Crippen molar-refractivity contribution >= 4 is 21.7 Å². The summed E-state index contributed by atoms with van der Waals surface area (Å²) >= 11 is 3.54. The number of nitrogens with zero attached hydrogens (tertiary/aromatic N) is 4. The van der Waals surface area contributed by atoms with Gasteiger partial charge in [0.05, 0.1) is 0 Å². The summed E-state index contributed by atoms with van der Waals surface area (Å²) in [7, 11) is 2.12. The third kappa shape index (κ3) is 3.60. The topological polar surface area (TPSA) is 32.3 Å². The van der Waals surface area contributed by atoms with Crippen molar-refractivity contribution < 1.29 is 0 Å². The minimum atomic E-state index is 0.520. The number of likely N-dealkylation sites (tertiary alicyclic amines) is 1. The molecular formula is C16H19BrN4. The molecule has 0 amide bonds. The number of anilines is 1. The van der Waals surface area contributed by atoms with Crippen molar-refractivity contribution in [3.63, 3.8) is 0 Å². The minimum Gasteiger partial charge on any atom is -0.355 e. The van der Waals surface area contributed by atoms with Gasteiger partial charge in [0.2, 0.25) is 0 Å². The van der Waals surface area contributed by atoms with Crippen LogP contribution >= 0.6 is 15.9 Å². The molecule has 1 saturated heterocycles. The molecule has 1 aromatic carbocycles. The summed E-state index contributed by atoms with van der Waals surface area (Å²) < 4.78 is 1.15. The van der Waals surface area contributed by atoms with E-state index in [0.29, 0.717) is 6.04 Å². The van der Waals surface area contributed by atoms with Gasteiger partial charge in [-0.1, -0.05) is 28.1 Å². The van der Waals surface area contributed by atoms with Crippen LogP contribution in [0.3, 0.4) is 0 Å². The maximum atomic E-state index is 4.33. The second-order valence-corrected chi connectivity index (χ2v) is 6.40. The van der Waals surface area contributed by atoms with Gasteiger partial charge in [0, 0.05) is 43.4 Å². The molecule has 2 heterocycles. The molecule has 5 heteroatoms. The zero-order valence-corrected chi connectivity index (χ0v) is 13.7. The Kier molecular flexibility index (Phi) is 4.51. The van der Waals surface area contributed by atoms with Crippen molar-refractivity contribution in [3.8, 4) is 0 Å². The van der Waals surface area contributed by atoms with E-state index in [-0.39, 0.29) is 0 Å². The number of rotatable bonds is 4. The Morgan fingerprint density at radius 1 is 1.38 bits per heavy atom. The molecule has 0 radical (unpaired) electrons. The van der Waals surface area contributed by atoms with E-state index in [1.165, 1.54) is 12.0 Å². The number of aromatic nitrogens is 2. The molecule has 1 unspecified atom stereocenters. The fourth-order valence-electron chi connectivity index (χ4n) is 2.84. The molecule has 1 aliphatic rings. The van der Waals surface area contributed by atoms with E-state index in [2.05, 4.69) is 67.0 Å². The predicted octanol–water partition coefficient (Wildman–Crippen LogP) is 2.95. The van der Waals surface area contributed by atoms with Crippen molar-refractivity contribution in [1.29, 1.82) is 0 Å². The summed E-state index contributed by atoms with van der Waals surface area (Å²) in [6, 6.07) is 11.0. The molecule has 1 fully saturated rings. The molecule has 4 nitrogen and oxygen atoms in total. The van der Waals surface area contributed by atoms with Crippen LogP contribution in [0.5, 0.6) is 0 Å². The quantitative estimate of drug-likeness (QED) is 0.851. The van der Waals surface area contributed by atoms with Gasteiger partial charge in [-0.05, 0) is 30.2 Å². The molecular weight excluding hydrogens is 328 g/mol. The zero-order valence-electron chi connectivity index (χ0n) is 12.1. The summed E-state index contributed by atoms with van der Waals surface area (Å²) in [5, 5.41) is 0. The average Bonchev–Trinajstić information content (AvgIpc) is 2.96. The maximum Gasteiger partial charge on any atom is 0.131 e. The average molecular weight is 347 g/mol. The number of benzene rings is 1. The highest BCUT2D eigenvalue weighted by Crippen LogP contribution is 2.21. The lowest BCUT2D eigenvalue weighted by molar-refractivity contribution is 0.326. The molecule has 2 aromatic rings. The molecule has 1 aromatic heterocycles. The SMILES string of the molecule is CN(c1ccncn1)C1CCN(Cc2cccc(Br)c2)C1. The molecule has 0 bridgehead atoms. The molecule has 1 aliphatic heterocycles. The van der Waals surface area contributed by atoms with E-state index >= 15 is 0 Å². The first-order chi connectivity index (χ1) is 10.2. The Bertz CT molecular complexity index is 590. The first-order valence-corrected chi connectivity index (χ1v) is 7.97. The lowest BCUT2D eigenvalue weighted by Crippen LogP contribution is -2.34. The lowest BCUT2D eigenvalue weighted by Gasteiger charge is -2.25. The second-order valence-electron chi connectivity index (χ2n) is 5.49. The molecule has 1 atom stereocenters. The van der Waals surface area contributed by atoms with Gasteiger partial charge in [0.15, 0.2) is 0 Å². The number of hydrogen-bond acceptors (Lipinski definition) is 4. The van der Waals surface area contributed by atoms with Gasteiger partial charge >= 0.3 is 0 Å². The smallest absolute Gasteiger partial charge is 0.131 e. The van der Waals surface area contributed by atoms with E-state index in [9.17, 15) is 0 Å². The third-order valence-electron chi connectivity index (χ3n) is 4.02. The van der Waals surface area contributed by atoms with Crippen molar-refractivity contribution in [2.24, 2.45) is 0 Å². The van der Waals surface area contributed by atoms with Gasteiger partial charge in [0.25, 0.3) is 0 Å². The summed E-state index contributed by atoms with van der Waals surface area (Å²) in [6.45, 7) is 3.22. The Hall–Kier alpha value is -1.46. The lowest BCUT2D eigenvalue weighted by atomic mass is 10.2. The number of halogens is 1. The van der Waals surface area contributed by atoms with Crippen LogP contribution in [0, 0.1) is 0 Å². The van der Waals surface area contributed by atoms with Gasteiger partial charge in [0.1, 0.15) is 12.1 Å². The van der Waals surface area contributed by atoms with Crippen LogP contribution in [0.1, 0.15) is 12.0 Å². The van der Waals surface area contributed by atoms with Crippen LogP contribution in [0.15, 0.2) is 47.3 Å². The highest BCUT2D eigenvalue weighted by Gasteiger charge is 2.26. The van der Waals surface area contributed by atoms with Gasteiger partial charge in [-0.25, -0.2) is 9.97 Å². The van der Waals surface area contributed by atoms with Crippen LogP contribution in [0.25, 0.3) is 0 Å². The summed E-state index contributed by atoms with van der Waals surface area (Å²) in [5.74, 6) is 0.999. The first-order valence-electron chi connectivity index (χ1n) is 7.18. The van der Waals surface area contributed by atoms with Crippen molar-refractivity contribution in [2.45, 2.75) is 19.0 Å². The molecule has 0 spiro atoms. The van der Waals surface area contributed by atoms with Crippen LogP contribution in [-0.4, -0.2) is 41.0 Å². The Morgan fingerprint density at radius 2 is 2.29 bits per heavy atom. The third-order valence-corrected chi connectivity index (χ3v) is 4.51. The van der Waals surface area contributed by atoms with E-state index in [4.69, 9.17) is 0 Å². The zero-order chi connectivity index (χ0) is 14.7. The molecule has 0 saturated carbocycles. The molecule has 110 valence electrons. The first kappa shape index (κ1) is 14.5. The minimum absolute atomic E-state index is 0.520. The number of likely N-dealkylation sites (N-methyl/N-ethyl adjacent to an activating group) is 1. The van der Waals surface area contributed by atoms with Crippen LogP contribution < -0.4 is 4.90 Å². The summed E-state index contributed by atoms with van der Waals surface area (Å²) in [6.07, 6.45) is 4.58. The largest absolute Gasteiger partial charge is 0.355 e. The molecule has 0 N–H and O–H groups in total. The Balaban J connectivity index is 1.60. The van der Waals surface area contributed by atoms with Gasteiger partial charge in [-0.2, -0.15) is 0 Å². The van der Waals surface area contributed by atoms with E-state index in [1.54, 1.807) is 12.5 Å². The number of hydrogen-bond donors (Lipinski definition) is 0. The van der Waals surface area contributed by atoms with Gasteiger partial charge in [-0.3, -0.25) is 4.90 Å². The second kappa shape index (κ2) is 6.54. The Morgan fingerprint density at radius 3 is 3.05 bits per heavy atom. The standard InChI is InChI=1S/C16H19BrN4/c1-20(16-5-7-18-12-19-16)15-6-8-21(11-15)10-13-3-2-4-14(17)9-13/h2-5,7,9,12,15H,6,8,10-11H2,1H3. The monoisotopic (exact) mass is 346 g/mol. The van der Waals surface area contributed by atoms with E-state index in [1.807, 2.05) is 6.07 Å². The van der Waals surface area contributed by atoms with Gasteiger partial charge < -0.3 is 4.90 Å². The van der Waals surface area contributed by atoms with E-state index < -0.39 is 0 Å². The van der Waals surface area contributed by atoms with Crippen LogP contribution in [0.2, 0.25) is 0 Å². The van der Waals surface area contributed by atoms with Crippen molar-refractivity contribution in [3.05, 3.63) is 52.9 Å². The normalized spacial score (nSPS) is 18.9. The predicted molar refractivity (Wildman–Crippen MR) is 88.3 cm³/mol. The molecule has 21 heavy (non-hydrogen) atoms. The van der Waals surface area contributed by atoms with Crippen LogP contribution in [-0.2, 0) is 6.54 Å². The van der Waals surface area contributed by atoms with Crippen molar-refractivity contribution in [1.82, 2.24) is 14.9 Å². The fraction of sp³-hybridized carbons (Fsp3) is 0.375. The molecule has 3 rings (SSSR count). The highest BCUT2D eigenvalue weighted by atomic mass is 79.9. The maximum absolute atomic E-state index is 4.33. The van der Waals surface area contributed by atoms with Crippen molar-refractivity contribution in [2.75, 3.05) is 25.0 Å². The van der Waals surface area contributed by atoms with Crippen LogP contribution in [0.4, 0.5) is 5.82 Å².